The van der Waals surface area contributed by atoms with Gasteiger partial charge in [-0.1, -0.05) is 76.2 Å². The van der Waals surface area contributed by atoms with Gasteiger partial charge in [0.25, 0.3) is 5.91 Å². The van der Waals surface area contributed by atoms with E-state index in [0.29, 0.717) is 18.7 Å². The third kappa shape index (κ3) is 6.80. The van der Waals surface area contributed by atoms with Gasteiger partial charge in [-0.05, 0) is 53.5 Å². The number of carbonyl (C=O) groups excluding carboxylic acids is 2. The molecule has 0 aliphatic carbocycles. The van der Waals surface area contributed by atoms with Crippen molar-refractivity contribution >= 4 is 23.2 Å². The summed E-state index contributed by atoms with van der Waals surface area (Å²) >= 11 is 1.64. The Balaban J connectivity index is 1.82. The molecule has 3 aromatic rings. The molecule has 180 valence electrons. The maximum atomic E-state index is 13.6. The Labute approximate surface area is 208 Å². The number of nitrogens with zero attached hydrogens (tertiary/aromatic N) is 2. The van der Waals surface area contributed by atoms with E-state index in [1.54, 1.807) is 16.2 Å². The molecule has 4 nitrogen and oxygen atoms in total. The Morgan fingerprint density at radius 2 is 1.59 bits per heavy atom. The number of thiophene rings is 1. The second kappa shape index (κ2) is 11.5. The minimum absolute atomic E-state index is 0.0215. The largest absolute Gasteiger partial charge is 0.332 e. The zero-order valence-corrected chi connectivity index (χ0v) is 21.8. The van der Waals surface area contributed by atoms with Crippen molar-refractivity contribution in [1.29, 1.82) is 0 Å². The van der Waals surface area contributed by atoms with E-state index < -0.39 is 0 Å². The van der Waals surface area contributed by atoms with Gasteiger partial charge in [0.15, 0.2) is 0 Å². The Morgan fingerprint density at radius 3 is 2.15 bits per heavy atom. The van der Waals surface area contributed by atoms with Crippen LogP contribution in [-0.2, 0) is 23.3 Å². The molecule has 0 bridgehead atoms. The minimum atomic E-state index is -0.0982. The van der Waals surface area contributed by atoms with Crippen LogP contribution >= 0.6 is 11.3 Å². The summed E-state index contributed by atoms with van der Waals surface area (Å²) in [6.45, 7) is 11.6. The quantitative estimate of drug-likeness (QED) is 0.353. The third-order valence-corrected chi connectivity index (χ3v) is 7.04. The summed E-state index contributed by atoms with van der Waals surface area (Å²) in [5.41, 5.74) is 2.90. The Kier molecular flexibility index (Phi) is 8.67. The van der Waals surface area contributed by atoms with Gasteiger partial charge in [0, 0.05) is 23.0 Å². The van der Waals surface area contributed by atoms with E-state index in [0.717, 1.165) is 16.9 Å². The first-order chi connectivity index (χ1) is 16.2. The molecular formula is C29H36N2O2S. The first-order valence-electron chi connectivity index (χ1n) is 11.9. The highest BCUT2D eigenvalue weighted by atomic mass is 32.1. The number of carbonyl (C=O) groups is 2. The minimum Gasteiger partial charge on any atom is -0.332 e. The van der Waals surface area contributed by atoms with Crippen molar-refractivity contribution in [2.75, 3.05) is 6.54 Å². The fourth-order valence-corrected chi connectivity index (χ4v) is 4.52. The van der Waals surface area contributed by atoms with E-state index in [4.69, 9.17) is 0 Å². The standard InChI is InChI=1S/C29H36N2O2S/c1-6-22(2)31(28(33)24-14-16-25(17-15-24)29(3,4)5)21-27(32)30(20-26-13-10-18-34-26)19-23-11-8-7-9-12-23/h7-18,22H,6,19-21H2,1-5H3. The third-order valence-electron chi connectivity index (χ3n) is 6.18. The van der Waals surface area contributed by atoms with Crippen LogP contribution in [0.25, 0.3) is 0 Å². The second-order valence-corrected chi connectivity index (χ2v) is 10.9. The van der Waals surface area contributed by atoms with Gasteiger partial charge in [-0.3, -0.25) is 9.59 Å². The fraction of sp³-hybridized carbons (Fsp3) is 0.379. The zero-order valence-electron chi connectivity index (χ0n) is 21.0. The molecule has 0 fully saturated rings. The van der Waals surface area contributed by atoms with Gasteiger partial charge in [0.2, 0.25) is 5.91 Å². The number of amides is 2. The van der Waals surface area contributed by atoms with Crippen LogP contribution in [0.5, 0.6) is 0 Å². The maximum Gasteiger partial charge on any atom is 0.254 e. The SMILES string of the molecule is CCC(C)N(CC(=O)N(Cc1ccccc1)Cc1cccs1)C(=O)c1ccc(C(C)(C)C)cc1. The monoisotopic (exact) mass is 476 g/mol. The van der Waals surface area contributed by atoms with Gasteiger partial charge in [-0.2, -0.15) is 0 Å². The van der Waals surface area contributed by atoms with Crippen molar-refractivity contribution in [2.45, 2.75) is 65.6 Å². The lowest BCUT2D eigenvalue weighted by Crippen LogP contribution is -2.46. The summed E-state index contributed by atoms with van der Waals surface area (Å²) in [4.78, 5) is 31.8. The summed E-state index contributed by atoms with van der Waals surface area (Å²) in [5, 5.41) is 2.02. The average molecular weight is 477 g/mol. The van der Waals surface area contributed by atoms with Crippen LogP contribution in [0, 0.1) is 0 Å². The van der Waals surface area contributed by atoms with Crippen LogP contribution in [0.15, 0.2) is 72.1 Å². The lowest BCUT2D eigenvalue weighted by atomic mass is 9.86. The molecule has 0 aliphatic heterocycles. The number of hydrogen-bond acceptors (Lipinski definition) is 3. The van der Waals surface area contributed by atoms with Crippen LogP contribution in [0.1, 0.15) is 67.4 Å². The molecule has 0 spiro atoms. The molecular weight excluding hydrogens is 440 g/mol. The van der Waals surface area contributed by atoms with E-state index in [9.17, 15) is 9.59 Å². The molecule has 0 saturated carbocycles. The first kappa shape index (κ1) is 25.7. The van der Waals surface area contributed by atoms with Crippen LogP contribution in [0.3, 0.4) is 0 Å². The van der Waals surface area contributed by atoms with Crippen molar-refractivity contribution in [3.8, 4) is 0 Å². The summed E-state index contributed by atoms with van der Waals surface area (Å²) in [5.74, 6) is -0.142. The molecule has 2 amide bonds. The lowest BCUT2D eigenvalue weighted by molar-refractivity contribution is -0.133. The predicted octanol–water partition coefficient (Wildman–Crippen LogP) is 6.52. The van der Waals surface area contributed by atoms with E-state index in [1.807, 2.05) is 90.9 Å². The first-order valence-corrected chi connectivity index (χ1v) is 12.8. The van der Waals surface area contributed by atoms with E-state index in [2.05, 4.69) is 20.8 Å². The molecule has 3 rings (SSSR count). The highest BCUT2D eigenvalue weighted by Gasteiger charge is 2.26. The molecule has 1 aromatic heterocycles. The molecule has 1 heterocycles. The van der Waals surface area contributed by atoms with Gasteiger partial charge in [-0.15, -0.1) is 11.3 Å². The van der Waals surface area contributed by atoms with Gasteiger partial charge in [-0.25, -0.2) is 0 Å². The zero-order chi connectivity index (χ0) is 24.7. The number of rotatable bonds is 9. The van der Waals surface area contributed by atoms with Gasteiger partial charge in [0.1, 0.15) is 6.54 Å². The van der Waals surface area contributed by atoms with Crippen LogP contribution < -0.4 is 0 Å². The molecule has 0 saturated heterocycles. The molecule has 2 aromatic carbocycles. The maximum absolute atomic E-state index is 13.6. The van der Waals surface area contributed by atoms with Gasteiger partial charge in [0.05, 0.1) is 6.54 Å². The number of hydrogen-bond donors (Lipinski definition) is 0. The molecule has 0 N–H and O–H groups in total. The topological polar surface area (TPSA) is 40.6 Å². The van der Waals surface area contributed by atoms with E-state index in [1.165, 1.54) is 5.56 Å². The summed E-state index contributed by atoms with van der Waals surface area (Å²) in [6, 6.07) is 21.8. The summed E-state index contributed by atoms with van der Waals surface area (Å²) in [7, 11) is 0. The fourth-order valence-electron chi connectivity index (χ4n) is 3.80. The van der Waals surface area contributed by atoms with Gasteiger partial charge >= 0.3 is 0 Å². The summed E-state index contributed by atoms with van der Waals surface area (Å²) in [6.07, 6.45) is 0.780. The molecule has 34 heavy (non-hydrogen) atoms. The van der Waals surface area contributed by atoms with Crippen LogP contribution in [0.2, 0.25) is 0 Å². The molecule has 5 heteroatoms. The Bertz CT molecular complexity index is 1050. The van der Waals surface area contributed by atoms with Crippen molar-refractivity contribution in [1.82, 2.24) is 9.80 Å². The highest BCUT2D eigenvalue weighted by molar-refractivity contribution is 7.09. The van der Waals surface area contributed by atoms with Crippen molar-refractivity contribution in [2.24, 2.45) is 0 Å². The second-order valence-electron chi connectivity index (χ2n) is 9.83. The predicted molar refractivity (Wildman–Crippen MR) is 141 cm³/mol. The average Bonchev–Trinajstić information content (AvgIpc) is 3.34. The Morgan fingerprint density at radius 1 is 0.912 bits per heavy atom. The molecule has 0 radical (unpaired) electrons. The normalized spacial score (nSPS) is 12.3. The van der Waals surface area contributed by atoms with E-state index in [-0.39, 0.29) is 29.8 Å². The van der Waals surface area contributed by atoms with Crippen molar-refractivity contribution in [3.63, 3.8) is 0 Å². The van der Waals surface area contributed by atoms with Gasteiger partial charge < -0.3 is 9.80 Å². The molecule has 1 unspecified atom stereocenters. The smallest absolute Gasteiger partial charge is 0.254 e. The van der Waals surface area contributed by atoms with Crippen LogP contribution in [-0.4, -0.2) is 34.2 Å². The highest BCUT2D eigenvalue weighted by Crippen LogP contribution is 2.23. The van der Waals surface area contributed by atoms with E-state index >= 15 is 0 Å². The molecule has 1 atom stereocenters. The number of benzene rings is 2. The molecule has 0 aliphatic rings. The van der Waals surface area contributed by atoms with Crippen molar-refractivity contribution in [3.05, 3.63) is 93.7 Å². The van der Waals surface area contributed by atoms with Crippen LogP contribution in [0.4, 0.5) is 0 Å². The lowest BCUT2D eigenvalue weighted by Gasteiger charge is -2.31. The van der Waals surface area contributed by atoms with Crippen molar-refractivity contribution < 1.29 is 9.59 Å². The Hall–Kier alpha value is -2.92. The summed E-state index contributed by atoms with van der Waals surface area (Å²) < 4.78 is 0.